The van der Waals surface area contributed by atoms with Crippen LogP contribution in [0.15, 0.2) is 97.2 Å². The van der Waals surface area contributed by atoms with Crippen LogP contribution in [0.1, 0.15) is 28.6 Å². The van der Waals surface area contributed by atoms with Gasteiger partial charge in [-0.1, -0.05) is 36.4 Å². The molecule has 3 aromatic carbocycles. The standard InChI is InChI=1S/C30H26FN5O2/c1-20-26-19-35(30(37)32-23-8-6-11-25(18-23)38-2)28(21-13-15-22(31)16-14-21)27-12-7-17-34(27)29(26)36(33-20)24-9-4-3-5-10-24/h3-18,28H,19H2,1-2H3,(H,32,37). The average Bonchev–Trinajstić information content (AvgIpc) is 3.50. The van der Waals surface area contributed by atoms with Crippen LogP contribution >= 0.6 is 0 Å². The first-order chi connectivity index (χ1) is 18.5. The number of benzene rings is 3. The summed E-state index contributed by atoms with van der Waals surface area (Å²) in [5.41, 5.74) is 4.95. The molecular weight excluding hydrogens is 481 g/mol. The molecule has 2 amide bonds. The van der Waals surface area contributed by atoms with E-state index in [2.05, 4.69) is 9.88 Å². The van der Waals surface area contributed by atoms with E-state index in [9.17, 15) is 9.18 Å². The van der Waals surface area contributed by atoms with Gasteiger partial charge in [0.05, 0.1) is 36.8 Å². The second-order valence-electron chi connectivity index (χ2n) is 9.18. The zero-order valence-electron chi connectivity index (χ0n) is 21.0. The molecule has 7 nitrogen and oxygen atoms in total. The number of amides is 2. The minimum atomic E-state index is -0.479. The topological polar surface area (TPSA) is 64.3 Å². The predicted molar refractivity (Wildman–Crippen MR) is 143 cm³/mol. The third-order valence-electron chi connectivity index (χ3n) is 6.85. The van der Waals surface area contributed by atoms with Gasteiger partial charge in [-0.25, -0.2) is 13.9 Å². The maximum absolute atomic E-state index is 14.0. The van der Waals surface area contributed by atoms with Crippen molar-refractivity contribution in [2.45, 2.75) is 19.5 Å². The van der Waals surface area contributed by atoms with Gasteiger partial charge in [-0.15, -0.1) is 0 Å². The lowest BCUT2D eigenvalue weighted by molar-refractivity contribution is 0.194. The Labute approximate surface area is 219 Å². The molecule has 0 saturated heterocycles. The molecule has 0 spiro atoms. The Bertz CT molecular complexity index is 1610. The third-order valence-corrected chi connectivity index (χ3v) is 6.85. The number of carbonyl (C=O) groups is 1. The monoisotopic (exact) mass is 507 g/mol. The van der Waals surface area contributed by atoms with E-state index in [0.717, 1.165) is 34.0 Å². The molecular formula is C30H26FN5O2. The molecule has 6 rings (SSSR count). The lowest BCUT2D eigenvalue weighted by Gasteiger charge is -2.31. The SMILES string of the molecule is COc1cccc(NC(=O)N2Cc3c(C)nn(-c4ccccc4)c3-n3cccc3C2c2ccc(F)cc2)c1. The molecule has 0 saturated carbocycles. The minimum absolute atomic E-state index is 0.292. The van der Waals surface area contributed by atoms with Crippen LogP contribution in [0.3, 0.4) is 0 Å². The van der Waals surface area contributed by atoms with Gasteiger partial charge in [0.2, 0.25) is 0 Å². The smallest absolute Gasteiger partial charge is 0.322 e. The number of para-hydroxylation sites is 1. The highest BCUT2D eigenvalue weighted by Gasteiger charge is 2.36. The maximum atomic E-state index is 14.0. The van der Waals surface area contributed by atoms with Gasteiger partial charge in [0.1, 0.15) is 17.4 Å². The molecule has 1 N–H and O–H groups in total. The summed E-state index contributed by atoms with van der Waals surface area (Å²) in [5, 5.41) is 7.90. The Morgan fingerprint density at radius 2 is 1.79 bits per heavy atom. The number of hydrogen-bond acceptors (Lipinski definition) is 3. The number of ether oxygens (including phenoxy) is 1. The van der Waals surface area contributed by atoms with Crippen LogP contribution in [0.4, 0.5) is 14.9 Å². The van der Waals surface area contributed by atoms with Crippen molar-refractivity contribution >= 4 is 11.7 Å². The van der Waals surface area contributed by atoms with E-state index in [4.69, 9.17) is 9.84 Å². The number of anilines is 1. The van der Waals surface area contributed by atoms with Gasteiger partial charge in [0, 0.05) is 23.5 Å². The minimum Gasteiger partial charge on any atom is -0.497 e. The summed E-state index contributed by atoms with van der Waals surface area (Å²) >= 11 is 0. The molecule has 1 aliphatic rings. The second-order valence-corrected chi connectivity index (χ2v) is 9.18. The molecule has 190 valence electrons. The summed E-state index contributed by atoms with van der Waals surface area (Å²) in [4.78, 5) is 15.7. The van der Waals surface area contributed by atoms with Crippen LogP contribution < -0.4 is 10.1 Å². The van der Waals surface area contributed by atoms with E-state index in [1.54, 1.807) is 30.2 Å². The summed E-state index contributed by atoms with van der Waals surface area (Å²) in [6.45, 7) is 2.26. The Kier molecular flexibility index (Phi) is 5.92. The van der Waals surface area contributed by atoms with Gasteiger partial charge in [-0.3, -0.25) is 0 Å². The molecule has 1 aliphatic heterocycles. The highest BCUT2D eigenvalue weighted by Crippen LogP contribution is 2.38. The van der Waals surface area contributed by atoms with Gasteiger partial charge in [-0.2, -0.15) is 5.10 Å². The summed E-state index contributed by atoms with van der Waals surface area (Å²) in [7, 11) is 1.59. The van der Waals surface area contributed by atoms with Gasteiger partial charge in [-0.05, 0) is 61.0 Å². The van der Waals surface area contributed by atoms with Crippen LogP contribution in [0.25, 0.3) is 11.5 Å². The number of nitrogens with one attached hydrogen (secondary N) is 1. The summed E-state index contributed by atoms with van der Waals surface area (Å²) in [6.07, 6.45) is 1.98. The molecule has 0 radical (unpaired) electrons. The largest absolute Gasteiger partial charge is 0.497 e. The number of hydrogen-bond donors (Lipinski definition) is 1. The molecule has 1 atom stereocenters. The number of aromatic nitrogens is 3. The highest BCUT2D eigenvalue weighted by molar-refractivity contribution is 5.90. The number of fused-ring (bicyclic) bond motifs is 3. The first kappa shape index (κ1) is 23.5. The predicted octanol–water partition coefficient (Wildman–Crippen LogP) is 6.26. The van der Waals surface area contributed by atoms with Gasteiger partial charge < -0.3 is 19.5 Å². The fraction of sp³-hybridized carbons (Fsp3) is 0.133. The number of halogens is 1. The van der Waals surface area contributed by atoms with Crippen molar-refractivity contribution in [3.63, 3.8) is 0 Å². The Balaban J connectivity index is 1.52. The molecule has 8 heteroatoms. The van der Waals surface area contributed by atoms with Crippen molar-refractivity contribution in [1.29, 1.82) is 0 Å². The number of methoxy groups -OCH3 is 1. The van der Waals surface area contributed by atoms with E-state index >= 15 is 0 Å². The van der Waals surface area contributed by atoms with Crippen molar-refractivity contribution in [2.24, 2.45) is 0 Å². The van der Waals surface area contributed by atoms with Crippen molar-refractivity contribution in [2.75, 3.05) is 12.4 Å². The Morgan fingerprint density at radius 1 is 1.00 bits per heavy atom. The lowest BCUT2D eigenvalue weighted by Crippen LogP contribution is -2.38. The lowest BCUT2D eigenvalue weighted by atomic mass is 10.0. The normalized spacial score (nSPS) is 14.4. The van der Waals surface area contributed by atoms with Gasteiger partial charge >= 0.3 is 6.03 Å². The van der Waals surface area contributed by atoms with Crippen molar-refractivity contribution in [1.82, 2.24) is 19.2 Å². The number of aryl methyl sites for hydroxylation is 1. The Morgan fingerprint density at radius 3 is 2.55 bits per heavy atom. The highest BCUT2D eigenvalue weighted by atomic mass is 19.1. The number of carbonyl (C=O) groups excluding carboxylic acids is 1. The van der Waals surface area contributed by atoms with E-state index in [-0.39, 0.29) is 11.8 Å². The maximum Gasteiger partial charge on any atom is 0.322 e. The van der Waals surface area contributed by atoms with E-state index in [0.29, 0.717) is 18.0 Å². The molecule has 0 aliphatic carbocycles. The van der Waals surface area contributed by atoms with Crippen LogP contribution in [0.2, 0.25) is 0 Å². The number of rotatable bonds is 4. The molecule has 3 heterocycles. The molecule has 1 unspecified atom stereocenters. The van der Waals surface area contributed by atoms with Crippen molar-refractivity contribution in [3.8, 4) is 17.3 Å². The van der Waals surface area contributed by atoms with E-state index < -0.39 is 6.04 Å². The number of nitrogens with zero attached hydrogens (tertiary/aromatic N) is 4. The molecule has 38 heavy (non-hydrogen) atoms. The average molecular weight is 508 g/mol. The van der Waals surface area contributed by atoms with Crippen LogP contribution in [-0.4, -0.2) is 32.4 Å². The number of urea groups is 1. The first-order valence-electron chi connectivity index (χ1n) is 12.3. The summed E-state index contributed by atoms with van der Waals surface area (Å²) in [5.74, 6) is 1.19. The van der Waals surface area contributed by atoms with Gasteiger partial charge in [0.15, 0.2) is 0 Å². The van der Waals surface area contributed by atoms with Crippen molar-refractivity contribution in [3.05, 3.63) is 126 Å². The zero-order chi connectivity index (χ0) is 26.2. The summed E-state index contributed by atoms with van der Waals surface area (Å²) in [6, 6.07) is 26.7. The van der Waals surface area contributed by atoms with Crippen LogP contribution in [0.5, 0.6) is 5.75 Å². The first-order valence-corrected chi connectivity index (χ1v) is 12.3. The molecule has 5 aromatic rings. The summed E-state index contributed by atoms with van der Waals surface area (Å²) < 4.78 is 23.2. The van der Waals surface area contributed by atoms with Crippen molar-refractivity contribution < 1.29 is 13.9 Å². The molecule has 0 fully saturated rings. The van der Waals surface area contributed by atoms with Crippen LogP contribution in [-0.2, 0) is 6.54 Å². The van der Waals surface area contributed by atoms with Crippen LogP contribution in [0, 0.1) is 12.7 Å². The third kappa shape index (κ3) is 4.10. The molecule has 0 bridgehead atoms. The fourth-order valence-corrected chi connectivity index (χ4v) is 5.04. The fourth-order valence-electron chi connectivity index (χ4n) is 5.04. The second kappa shape index (κ2) is 9.55. The quantitative estimate of drug-likeness (QED) is 0.312. The van der Waals surface area contributed by atoms with E-state index in [1.165, 1.54) is 12.1 Å². The zero-order valence-corrected chi connectivity index (χ0v) is 21.0. The van der Waals surface area contributed by atoms with E-state index in [1.807, 2.05) is 78.5 Å². The Hall–Kier alpha value is -4.85. The van der Waals surface area contributed by atoms with Gasteiger partial charge in [0.25, 0.3) is 0 Å². The molecule has 2 aromatic heterocycles.